The van der Waals surface area contributed by atoms with E-state index in [4.69, 9.17) is 4.74 Å². The van der Waals surface area contributed by atoms with Crippen molar-refractivity contribution in [1.29, 1.82) is 0 Å². The van der Waals surface area contributed by atoms with Gasteiger partial charge in [0.2, 0.25) is 0 Å². The van der Waals surface area contributed by atoms with Crippen LogP contribution in [0.15, 0.2) is 12.1 Å². The van der Waals surface area contributed by atoms with Crippen molar-refractivity contribution >= 4 is 22.9 Å². The minimum atomic E-state index is -0.683. The fraction of sp³-hybridized carbons (Fsp3) is 0.474. The van der Waals surface area contributed by atoms with E-state index in [1.807, 2.05) is 6.92 Å². The number of esters is 1. The molecule has 6 heteroatoms. The molecule has 25 heavy (non-hydrogen) atoms. The Labute approximate surface area is 148 Å². The number of aryl methyl sites for hydroxylation is 3. The lowest BCUT2D eigenvalue weighted by molar-refractivity contribution is -0.144. The lowest BCUT2D eigenvalue weighted by atomic mass is 10.0. The van der Waals surface area contributed by atoms with Crippen LogP contribution < -0.4 is 10.6 Å². The molecular weight excluding hydrogens is 318 g/mol. The number of ether oxygens (including phenoxy) is 1. The molecule has 0 spiro atoms. The van der Waals surface area contributed by atoms with Crippen LogP contribution in [0.2, 0.25) is 0 Å². The third kappa shape index (κ3) is 4.32. The monoisotopic (exact) mass is 345 g/mol. The molecule has 1 heterocycles. The Kier molecular flexibility index (Phi) is 6.07. The topological polar surface area (TPSA) is 83.2 Å². The van der Waals surface area contributed by atoms with Crippen molar-refractivity contribution in [1.82, 2.24) is 15.6 Å². The van der Waals surface area contributed by atoms with Crippen LogP contribution >= 0.6 is 0 Å². The van der Waals surface area contributed by atoms with Crippen molar-refractivity contribution in [3.05, 3.63) is 34.5 Å². The van der Waals surface area contributed by atoms with Gasteiger partial charge in [0.25, 0.3) is 0 Å². The van der Waals surface area contributed by atoms with Gasteiger partial charge in [-0.05, 0) is 51.3 Å². The van der Waals surface area contributed by atoms with Gasteiger partial charge in [-0.25, -0.2) is 9.59 Å². The number of carbonyl (C=O) groups is 2. The average Bonchev–Trinajstić information content (AvgIpc) is 2.89. The van der Waals surface area contributed by atoms with E-state index in [-0.39, 0.29) is 0 Å². The summed E-state index contributed by atoms with van der Waals surface area (Å²) in [6, 6.07) is 3.14. The number of fused-ring (bicyclic) bond motifs is 1. The first-order valence-electron chi connectivity index (χ1n) is 8.69. The Hall–Kier alpha value is -2.50. The third-order valence-electron chi connectivity index (χ3n) is 4.28. The minimum absolute atomic E-state index is 0.291. The van der Waals surface area contributed by atoms with Crippen molar-refractivity contribution in [2.24, 2.45) is 0 Å². The summed E-state index contributed by atoms with van der Waals surface area (Å²) in [6.07, 6.45) is 0.934. The van der Waals surface area contributed by atoms with E-state index in [1.165, 1.54) is 16.6 Å². The quantitative estimate of drug-likeness (QED) is 0.704. The number of urea groups is 1. The van der Waals surface area contributed by atoms with E-state index < -0.39 is 18.0 Å². The number of amides is 2. The van der Waals surface area contributed by atoms with Crippen molar-refractivity contribution in [3.63, 3.8) is 0 Å². The smallest absolute Gasteiger partial charge is 0.328 e. The summed E-state index contributed by atoms with van der Waals surface area (Å²) in [7, 11) is 0. The van der Waals surface area contributed by atoms with Crippen LogP contribution in [0.3, 0.4) is 0 Å². The molecule has 0 saturated heterocycles. The predicted octanol–water partition coefficient (Wildman–Crippen LogP) is 3.10. The molecule has 1 atom stereocenters. The third-order valence-corrected chi connectivity index (χ3v) is 4.28. The van der Waals surface area contributed by atoms with Crippen LogP contribution in [-0.4, -0.2) is 29.6 Å². The number of hydrogen-bond acceptors (Lipinski definition) is 3. The maximum Gasteiger partial charge on any atom is 0.328 e. The van der Waals surface area contributed by atoms with Crippen LogP contribution in [0.4, 0.5) is 4.79 Å². The predicted molar refractivity (Wildman–Crippen MR) is 98.6 cm³/mol. The molecule has 0 aliphatic rings. The molecular formula is C19H27N3O3. The molecule has 2 aromatic rings. The number of carbonyl (C=O) groups excluding carboxylic acids is 2. The Morgan fingerprint density at radius 3 is 2.60 bits per heavy atom. The molecule has 0 radical (unpaired) electrons. The molecule has 0 unspecified atom stereocenters. The van der Waals surface area contributed by atoms with Gasteiger partial charge in [-0.15, -0.1) is 0 Å². The molecule has 1 aromatic carbocycles. The lowest BCUT2D eigenvalue weighted by Gasteiger charge is -2.14. The van der Waals surface area contributed by atoms with Gasteiger partial charge in [0, 0.05) is 17.6 Å². The van der Waals surface area contributed by atoms with Crippen LogP contribution in [0.25, 0.3) is 10.9 Å². The van der Waals surface area contributed by atoms with Crippen molar-refractivity contribution in [2.45, 2.75) is 53.6 Å². The number of hydrogen-bond donors (Lipinski definition) is 3. The van der Waals surface area contributed by atoms with Crippen molar-refractivity contribution in [2.75, 3.05) is 6.61 Å². The van der Waals surface area contributed by atoms with E-state index in [1.54, 1.807) is 13.8 Å². The van der Waals surface area contributed by atoms with Crippen molar-refractivity contribution < 1.29 is 14.3 Å². The summed E-state index contributed by atoms with van der Waals surface area (Å²) < 4.78 is 4.88. The zero-order valence-electron chi connectivity index (χ0n) is 15.6. The summed E-state index contributed by atoms with van der Waals surface area (Å²) in [5, 5.41) is 6.59. The second-order valence-electron chi connectivity index (χ2n) is 6.23. The van der Waals surface area contributed by atoms with E-state index in [2.05, 4.69) is 41.6 Å². The first kappa shape index (κ1) is 18.8. The number of nitrogens with one attached hydrogen (secondary N) is 3. The second kappa shape index (κ2) is 8.05. The molecule has 6 nitrogen and oxygen atoms in total. The van der Waals surface area contributed by atoms with E-state index in [0.29, 0.717) is 13.2 Å². The minimum Gasteiger partial charge on any atom is -0.464 e. The number of rotatable bonds is 6. The largest absolute Gasteiger partial charge is 0.464 e. The number of aromatic nitrogens is 1. The highest BCUT2D eigenvalue weighted by Crippen LogP contribution is 2.26. The fourth-order valence-corrected chi connectivity index (χ4v) is 2.95. The van der Waals surface area contributed by atoms with E-state index in [9.17, 15) is 9.59 Å². The number of benzene rings is 1. The molecule has 0 aliphatic carbocycles. The summed E-state index contributed by atoms with van der Waals surface area (Å²) in [5.74, 6) is -0.442. The van der Waals surface area contributed by atoms with Gasteiger partial charge in [0.15, 0.2) is 0 Å². The molecule has 3 N–H and O–H groups in total. The van der Waals surface area contributed by atoms with Gasteiger partial charge in [0.1, 0.15) is 6.04 Å². The molecule has 2 amide bonds. The van der Waals surface area contributed by atoms with Crippen LogP contribution in [0.1, 0.15) is 43.2 Å². The number of H-pyrrole nitrogens is 1. The molecule has 1 aromatic heterocycles. The van der Waals surface area contributed by atoms with Gasteiger partial charge in [-0.3, -0.25) is 0 Å². The maximum atomic E-state index is 12.0. The molecule has 0 aliphatic heterocycles. The first-order valence-corrected chi connectivity index (χ1v) is 8.69. The van der Waals surface area contributed by atoms with Gasteiger partial charge in [0.05, 0.1) is 12.1 Å². The molecule has 0 fully saturated rings. The van der Waals surface area contributed by atoms with Gasteiger partial charge in [-0.2, -0.15) is 0 Å². The zero-order chi connectivity index (χ0) is 18.6. The van der Waals surface area contributed by atoms with Gasteiger partial charge < -0.3 is 20.4 Å². The second-order valence-corrected chi connectivity index (χ2v) is 6.23. The molecule has 136 valence electrons. The zero-order valence-corrected chi connectivity index (χ0v) is 15.6. The summed E-state index contributed by atoms with van der Waals surface area (Å²) in [6.45, 7) is 10.3. The highest BCUT2D eigenvalue weighted by molar-refractivity contribution is 5.88. The highest BCUT2D eigenvalue weighted by atomic mass is 16.5. The Bertz CT molecular complexity index is 780. The van der Waals surface area contributed by atoms with E-state index >= 15 is 0 Å². The molecule has 0 bridgehead atoms. The van der Waals surface area contributed by atoms with Gasteiger partial charge >= 0.3 is 12.0 Å². The SMILES string of the molecule is CCOC(=O)[C@H](C)NC(=O)NCc1cc(C)cc2c(C)c(CC)[nH]c12. The summed E-state index contributed by atoms with van der Waals surface area (Å²) >= 11 is 0. The lowest BCUT2D eigenvalue weighted by Crippen LogP contribution is -2.44. The molecule has 0 saturated carbocycles. The van der Waals surface area contributed by atoms with Crippen molar-refractivity contribution in [3.8, 4) is 0 Å². The summed E-state index contributed by atoms with van der Waals surface area (Å²) in [4.78, 5) is 27.1. The molecule has 2 rings (SSSR count). The summed E-state index contributed by atoms with van der Waals surface area (Å²) in [5.41, 5.74) is 5.69. The maximum absolute atomic E-state index is 12.0. The average molecular weight is 345 g/mol. The Morgan fingerprint density at radius 2 is 1.96 bits per heavy atom. The van der Waals surface area contributed by atoms with Crippen LogP contribution in [0.5, 0.6) is 0 Å². The van der Waals surface area contributed by atoms with Crippen LogP contribution in [0, 0.1) is 13.8 Å². The van der Waals surface area contributed by atoms with Crippen LogP contribution in [-0.2, 0) is 22.5 Å². The highest BCUT2D eigenvalue weighted by Gasteiger charge is 2.17. The normalized spacial score (nSPS) is 12.0. The Morgan fingerprint density at radius 1 is 1.24 bits per heavy atom. The van der Waals surface area contributed by atoms with Gasteiger partial charge in [-0.1, -0.05) is 18.6 Å². The fourth-order valence-electron chi connectivity index (χ4n) is 2.95. The number of aromatic amines is 1. The Balaban J connectivity index is 2.10. The first-order chi connectivity index (χ1) is 11.9. The van der Waals surface area contributed by atoms with E-state index in [0.717, 1.165) is 23.1 Å². The standard InChI is InChI=1S/C19H27N3O3/c1-6-16-12(4)15-9-11(3)8-14(17(15)22-16)10-20-19(24)21-13(5)18(23)25-7-2/h8-9,13,22H,6-7,10H2,1-5H3,(H2,20,21,24)/t13-/m0/s1.